The van der Waals surface area contributed by atoms with Crippen LogP contribution in [0.4, 0.5) is 5.95 Å². The first kappa shape index (κ1) is 14.3. The Labute approximate surface area is 126 Å². The third kappa shape index (κ3) is 2.87. The molecule has 1 amide bonds. The van der Waals surface area contributed by atoms with Crippen LogP contribution in [0.25, 0.3) is 0 Å². The summed E-state index contributed by atoms with van der Waals surface area (Å²) in [4.78, 5) is 25.5. The summed E-state index contributed by atoms with van der Waals surface area (Å²) in [6, 6.07) is 0.337. The Kier molecular flexibility index (Phi) is 4.08. The van der Waals surface area contributed by atoms with E-state index in [9.17, 15) is 4.79 Å². The van der Waals surface area contributed by atoms with E-state index in [0.29, 0.717) is 11.9 Å². The molecule has 2 fully saturated rings. The van der Waals surface area contributed by atoms with Gasteiger partial charge in [0.05, 0.1) is 0 Å². The molecule has 5 nitrogen and oxygen atoms in total. The van der Waals surface area contributed by atoms with Crippen LogP contribution < -0.4 is 4.90 Å². The second-order valence-corrected chi connectivity index (χ2v) is 6.09. The summed E-state index contributed by atoms with van der Waals surface area (Å²) >= 11 is 0. The van der Waals surface area contributed by atoms with E-state index in [1.807, 2.05) is 6.20 Å². The fourth-order valence-electron chi connectivity index (χ4n) is 3.42. The minimum Gasteiger partial charge on any atom is -0.339 e. The van der Waals surface area contributed by atoms with Crippen molar-refractivity contribution in [3.05, 3.63) is 17.5 Å². The summed E-state index contributed by atoms with van der Waals surface area (Å²) in [6.45, 7) is 6.97. The first-order valence-corrected chi connectivity index (χ1v) is 8.06. The molecule has 0 radical (unpaired) electrons. The lowest BCUT2D eigenvalue weighted by molar-refractivity contribution is -0.129. The van der Waals surface area contributed by atoms with E-state index in [4.69, 9.17) is 4.98 Å². The number of amides is 1. The lowest BCUT2D eigenvalue weighted by Gasteiger charge is -2.37. The van der Waals surface area contributed by atoms with Gasteiger partial charge in [-0.25, -0.2) is 9.97 Å². The Hall–Kier alpha value is -1.65. The molecule has 1 aromatic heterocycles. The number of carbonyl (C=O) groups is 1. The van der Waals surface area contributed by atoms with E-state index in [0.717, 1.165) is 68.9 Å². The van der Waals surface area contributed by atoms with Crippen molar-refractivity contribution in [3.63, 3.8) is 0 Å². The molecule has 0 N–H and O–H groups in total. The van der Waals surface area contributed by atoms with Gasteiger partial charge in [-0.05, 0) is 38.2 Å². The van der Waals surface area contributed by atoms with Crippen molar-refractivity contribution in [3.8, 4) is 0 Å². The third-order valence-electron chi connectivity index (χ3n) is 4.63. The van der Waals surface area contributed by atoms with Crippen molar-refractivity contribution in [2.45, 2.75) is 52.0 Å². The SMILES string of the molecule is CCc1nc(N2CCC[C@@H](N3CCCC3=O)C2)ncc1C. The van der Waals surface area contributed by atoms with E-state index in [1.54, 1.807) is 0 Å². The summed E-state index contributed by atoms with van der Waals surface area (Å²) in [6.07, 6.45) is 6.80. The van der Waals surface area contributed by atoms with Gasteiger partial charge >= 0.3 is 0 Å². The van der Waals surface area contributed by atoms with E-state index < -0.39 is 0 Å². The van der Waals surface area contributed by atoms with Crippen LogP contribution in [-0.2, 0) is 11.2 Å². The third-order valence-corrected chi connectivity index (χ3v) is 4.63. The first-order chi connectivity index (χ1) is 10.2. The number of rotatable bonds is 3. The van der Waals surface area contributed by atoms with Gasteiger partial charge in [-0.3, -0.25) is 4.79 Å². The molecule has 0 bridgehead atoms. The molecular formula is C16H24N4O. The van der Waals surface area contributed by atoms with Crippen molar-refractivity contribution in [1.82, 2.24) is 14.9 Å². The number of hydrogen-bond donors (Lipinski definition) is 0. The molecular weight excluding hydrogens is 264 g/mol. The molecule has 21 heavy (non-hydrogen) atoms. The van der Waals surface area contributed by atoms with Crippen LogP contribution in [-0.4, -0.2) is 46.5 Å². The zero-order valence-electron chi connectivity index (χ0n) is 13.0. The quantitative estimate of drug-likeness (QED) is 0.853. The Bertz CT molecular complexity index is 531. The molecule has 1 atom stereocenters. The first-order valence-electron chi connectivity index (χ1n) is 8.06. The van der Waals surface area contributed by atoms with Gasteiger partial charge in [0, 0.05) is 44.0 Å². The lowest BCUT2D eigenvalue weighted by atomic mass is 10.0. The second-order valence-electron chi connectivity index (χ2n) is 6.09. The normalized spacial score (nSPS) is 23.0. The van der Waals surface area contributed by atoms with Crippen LogP contribution in [0, 0.1) is 6.92 Å². The number of carbonyl (C=O) groups excluding carboxylic acids is 1. The molecule has 3 rings (SSSR count). The Morgan fingerprint density at radius 2 is 2.19 bits per heavy atom. The number of piperidine rings is 1. The highest BCUT2D eigenvalue weighted by Crippen LogP contribution is 2.24. The van der Waals surface area contributed by atoms with Gasteiger partial charge in [-0.15, -0.1) is 0 Å². The summed E-state index contributed by atoms with van der Waals surface area (Å²) in [5.74, 6) is 1.15. The maximum absolute atomic E-state index is 11.9. The highest BCUT2D eigenvalue weighted by Gasteiger charge is 2.32. The molecule has 1 aromatic rings. The predicted molar refractivity (Wildman–Crippen MR) is 82.3 cm³/mol. The zero-order chi connectivity index (χ0) is 14.8. The van der Waals surface area contributed by atoms with Crippen molar-refractivity contribution in [2.24, 2.45) is 0 Å². The van der Waals surface area contributed by atoms with Gasteiger partial charge in [0.25, 0.3) is 0 Å². The molecule has 3 heterocycles. The van der Waals surface area contributed by atoms with Crippen molar-refractivity contribution >= 4 is 11.9 Å². The zero-order valence-corrected chi connectivity index (χ0v) is 13.0. The maximum Gasteiger partial charge on any atom is 0.225 e. The summed E-state index contributed by atoms with van der Waals surface area (Å²) in [5.41, 5.74) is 2.28. The fourth-order valence-corrected chi connectivity index (χ4v) is 3.42. The molecule has 2 aliphatic rings. The van der Waals surface area contributed by atoms with Gasteiger partial charge in [0.1, 0.15) is 0 Å². The number of aryl methyl sites for hydroxylation is 2. The second kappa shape index (κ2) is 6.00. The monoisotopic (exact) mass is 288 g/mol. The summed E-state index contributed by atoms with van der Waals surface area (Å²) in [7, 11) is 0. The molecule has 0 unspecified atom stereocenters. The molecule has 0 aromatic carbocycles. The highest BCUT2D eigenvalue weighted by molar-refractivity contribution is 5.78. The minimum atomic E-state index is 0.320. The topological polar surface area (TPSA) is 49.3 Å². The molecule has 5 heteroatoms. The minimum absolute atomic E-state index is 0.320. The fraction of sp³-hybridized carbons (Fsp3) is 0.688. The Balaban J connectivity index is 1.75. The average Bonchev–Trinajstić information content (AvgIpc) is 2.94. The maximum atomic E-state index is 11.9. The Morgan fingerprint density at radius 1 is 1.33 bits per heavy atom. The van der Waals surface area contributed by atoms with Gasteiger partial charge in [-0.1, -0.05) is 6.92 Å². The molecule has 2 aliphatic heterocycles. The van der Waals surface area contributed by atoms with E-state index >= 15 is 0 Å². The highest BCUT2D eigenvalue weighted by atomic mass is 16.2. The van der Waals surface area contributed by atoms with Gasteiger partial charge < -0.3 is 9.80 Å². The van der Waals surface area contributed by atoms with Crippen molar-refractivity contribution in [1.29, 1.82) is 0 Å². The Morgan fingerprint density at radius 3 is 2.90 bits per heavy atom. The van der Waals surface area contributed by atoms with Crippen molar-refractivity contribution < 1.29 is 4.79 Å². The summed E-state index contributed by atoms with van der Waals surface area (Å²) in [5, 5.41) is 0. The molecule has 0 spiro atoms. The van der Waals surface area contributed by atoms with Gasteiger partial charge in [0.2, 0.25) is 11.9 Å². The van der Waals surface area contributed by atoms with Gasteiger partial charge in [-0.2, -0.15) is 0 Å². The smallest absolute Gasteiger partial charge is 0.225 e. The lowest BCUT2D eigenvalue weighted by Crippen LogP contribution is -2.49. The average molecular weight is 288 g/mol. The number of anilines is 1. The van der Waals surface area contributed by atoms with Crippen LogP contribution >= 0.6 is 0 Å². The van der Waals surface area contributed by atoms with E-state index in [2.05, 4.69) is 28.6 Å². The van der Waals surface area contributed by atoms with Crippen LogP contribution in [0.2, 0.25) is 0 Å². The molecule has 0 saturated carbocycles. The molecule has 2 saturated heterocycles. The number of hydrogen-bond acceptors (Lipinski definition) is 4. The van der Waals surface area contributed by atoms with Crippen LogP contribution in [0.5, 0.6) is 0 Å². The predicted octanol–water partition coefficient (Wildman–Crippen LogP) is 1.94. The van der Waals surface area contributed by atoms with E-state index in [-0.39, 0.29) is 0 Å². The van der Waals surface area contributed by atoms with Crippen LogP contribution in [0.3, 0.4) is 0 Å². The molecule has 114 valence electrons. The number of likely N-dealkylation sites (tertiary alicyclic amines) is 1. The summed E-state index contributed by atoms with van der Waals surface area (Å²) < 4.78 is 0. The number of aromatic nitrogens is 2. The molecule has 0 aliphatic carbocycles. The standard InChI is InChI=1S/C16H24N4O/c1-3-14-12(2)10-17-16(18-14)19-8-4-6-13(11-19)20-9-5-7-15(20)21/h10,13H,3-9,11H2,1-2H3/t13-/m1/s1. The van der Waals surface area contributed by atoms with Crippen LogP contribution in [0.15, 0.2) is 6.20 Å². The van der Waals surface area contributed by atoms with E-state index in [1.165, 1.54) is 0 Å². The van der Waals surface area contributed by atoms with Gasteiger partial charge in [0.15, 0.2) is 0 Å². The largest absolute Gasteiger partial charge is 0.339 e. The van der Waals surface area contributed by atoms with Crippen LogP contribution in [0.1, 0.15) is 43.9 Å². The number of nitrogens with zero attached hydrogens (tertiary/aromatic N) is 4. The van der Waals surface area contributed by atoms with Crippen molar-refractivity contribution in [2.75, 3.05) is 24.5 Å².